The average molecular weight is 300 g/mol. The van der Waals surface area contributed by atoms with E-state index in [0.717, 1.165) is 0 Å². The summed E-state index contributed by atoms with van der Waals surface area (Å²) in [4.78, 5) is 0. The van der Waals surface area contributed by atoms with E-state index in [1.807, 2.05) is 36.4 Å². The summed E-state index contributed by atoms with van der Waals surface area (Å²) in [7, 11) is -3.51. The van der Waals surface area contributed by atoms with Gasteiger partial charge in [-0.25, -0.2) is 0 Å². The fourth-order valence-electron chi connectivity index (χ4n) is 1.61. The maximum absolute atomic E-state index is 5.82. The van der Waals surface area contributed by atoms with Gasteiger partial charge in [0.2, 0.25) is 0 Å². The van der Waals surface area contributed by atoms with Crippen molar-refractivity contribution in [2.45, 2.75) is 0 Å². The average Bonchev–Trinajstić information content (AvgIpc) is 2.50. The summed E-state index contributed by atoms with van der Waals surface area (Å²) in [6, 6.07) is 18.3. The Bertz CT molecular complexity index is 518. The van der Waals surface area contributed by atoms with Gasteiger partial charge in [-0.15, -0.1) is 0 Å². The molecule has 0 aliphatic rings. The summed E-state index contributed by atoms with van der Waals surface area (Å²) in [6.07, 6.45) is 2.48. The molecule has 4 nitrogen and oxygen atoms in total. The van der Waals surface area contributed by atoms with Crippen LogP contribution in [0.25, 0.3) is 0 Å². The van der Waals surface area contributed by atoms with Gasteiger partial charge >= 0.3 is 9.05 Å². The topological polar surface area (TPSA) is 36.9 Å². The first-order chi connectivity index (χ1) is 10.3. The van der Waals surface area contributed by atoms with Crippen LogP contribution in [-0.4, -0.2) is 9.05 Å². The van der Waals surface area contributed by atoms with Crippen LogP contribution in [0.5, 0.6) is 11.5 Å². The second-order valence-corrected chi connectivity index (χ2v) is 5.78. The molecule has 2 rings (SSSR count). The normalized spacial score (nSPS) is 10.3. The Morgan fingerprint density at radius 2 is 1.05 bits per heavy atom. The van der Waals surface area contributed by atoms with Crippen molar-refractivity contribution in [3.8, 4) is 11.5 Å². The minimum absolute atomic E-state index is 0.573. The molecule has 0 N–H and O–H groups in total. The van der Waals surface area contributed by atoms with Gasteiger partial charge in [0.1, 0.15) is 11.5 Å². The largest absolute Gasteiger partial charge is 0.965 e. The predicted molar refractivity (Wildman–Crippen MR) is 82.5 cm³/mol. The molecule has 0 aliphatic heterocycles. The van der Waals surface area contributed by atoms with E-state index in [9.17, 15) is 0 Å². The van der Waals surface area contributed by atoms with Crippen molar-refractivity contribution < 1.29 is 17.7 Å². The minimum Gasteiger partial charge on any atom is -0.460 e. The highest BCUT2D eigenvalue weighted by atomic mass is 28.4. The number of para-hydroxylation sites is 2. The smallest absolute Gasteiger partial charge is 0.460 e. The van der Waals surface area contributed by atoms with Gasteiger partial charge in [0.25, 0.3) is 0 Å². The van der Waals surface area contributed by atoms with Crippen LogP contribution in [0, 0.1) is 0 Å². The zero-order chi connectivity index (χ0) is 15.0. The van der Waals surface area contributed by atoms with Gasteiger partial charge in [-0.05, 0) is 24.3 Å². The number of rotatable bonds is 8. The highest BCUT2D eigenvalue weighted by Gasteiger charge is 2.56. The highest BCUT2D eigenvalue weighted by molar-refractivity contribution is 6.55. The third kappa shape index (κ3) is 4.15. The molecular weight excluding hydrogens is 284 g/mol. The zero-order valence-electron chi connectivity index (χ0n) is 11.5. The van der Waals surface area contributed by atoms with E-state index in [1.165, 1.54) is 12.5 Å². The molecule has 108 valence electrons. The first kappa shape index (κ1) is 14.7. The van der Waals surface area contributed by atoms with E-state index in [-0.39, 0.29) is 0 Å². The van der Waals surface area contributed by atoms with Gasteiger partial charge < -0.3 is 17.7 Å². The molecule has 0 saturated carbocycles. The monoisotopic (exact) mass is 300 g/mol. The molecule has 0 saturated heterocycles. The molecule has 0 atom stereocenters. The Hall–Kier alpha value is -2.66. The van der Waals surface area contributed by atoms with Crippen LogP contribution in [0.1, 0.15) is 0 Å². The van der Waals surface area contributed by atoms with E-state index < -0.39 is 9.05 Å². The SMILES string of the molecule is C=CO[Si](OC=C)(Oc1ccccc1)Oc1ccccc1. The Morgan fingerprint density at radius 3 is 1.38 bits per heavy atom. The number of benzene rings is 2. The summed E-state index contributed by atoms with van der Waals surface area (Å²) in [5.41, 5.74) is 0. The Kier molecular flexibility index (Phi) is 5.06. The Morgan fingerprint density at radius 1 is 0.667 bits per heavy atom. The molecule has 5 heteroatoms. The van der Waals surface area contributed by atoms with Gasteiger partial charge in [-0.1, -0.05) is 49.6 Å². The van der Waals surface area contributed by atoms with E-state index in [4.69, 9.17) is 17.7 Å². The third-order valence-corrected chi connectivity index (χ3v) is 4.31. The molecule has 0 amide bonds. The lowest BCUT2D eigenvalue weighted by molar-refractivity contribution is 0.117. The standard InChI is InChI=1S/C16H16O4Si/c1-3-17-21(18-4-2,19-15-11-7-5-8-12-15)20-16-13-9-6-10-14-16/h3-14H,1-2H2. The summed E-state index contributed by atoms with van der Waals surface area (Å²) < 4.78 is 22.5. The predicted octanol–water partition coefficient (Wildman–Crippen LogP) is 3.90. The molecule has 0 spiro atoms. The van der Waals surface area contributed by atoms with Crippen LogP contribution in [0.2, 0.25) is 0 Å². The van der Waals surface area contributed by atoms with Crippen molar-refractivity contribution in [3.05, 3.63) is 86.3 Å². The second-order valence-electron chi connectivity index (χ2n) is 3.90. The maximum Gasteiger partial charge on any atom is 0.965 e. The van der Waals surface area contributed by atoms with Crippen LogP contribution in [0.15, 0.2) is 86.3 Å². The molecule has 0 aliphatic carbocycles. The second kappa shape index (κ2) is 7.21. The minimum atomic E-state index is -3.51. The van der Waals surface area contributed by atoms with E-state index >= 15 is 0 Å². The van der Waals surface area contributed by atoms with Crippen molar-refractivity contribution in [2.24, 2.45) is 0 Å². The maximum atomic E-state index is 5.82. The molecular formula is C16H16O4Si. The lowest BCUT2D eigenvalue weighted by Crippen LogP contribution is -2.52. The van der Waals surface area contributed by atoms with Crippen LogP contribution < -0.4 is 8.85 Å². The van der Waals surface area contributed by atoms with Crippen LogP contribution >= 0.6 is 0 Å². The van der Waals surface area contributed by atoms with Gasteiger partial charge in [0, 0.05) is 0 Å². The van der Waals surface area contributed by atoms with Crippen molar-refractivity contribution >= 4 is 9.05 Å². The van der Waals surface area contributed by atoms with Crippen molar-refractivity contribution in [1.29, 1.82) is 0 Å². The molecule has 21 heavy (non-hydrogen) atoms. The Labute approximate surface area is 125 Å². The third-order valence-electron chi connectivity index (χ3n) is 2.43. The van der Waals surface area contributed by atoms with Crippen LogP contribution in [0.3, 0.4) is 0 Å². The fraction of sp³-hybridized carbons (Fsp3) is 0. The molecule has 2 aromatic rings. The first-order valence-corrected chi connectivity index (χ1v) is 7.97. The van der Waals surface area contributed by atoms with E-state index in [2.05, 4.69) is 13.2 Å². The molecule has 0 heterocycles. The van der Waals surface area contributed by atoms with Crippen molar-refractivity contribution in [1.82, 2.24) is 0 Å². The number of hydrogen-bond acceptors (Lipinski definition) is 4. The fourth-order valence-corrected chi connectivity index (χ4v) is 3.16. The molecule has 0 radical (unpaired) electrons. The lowest BCUT2D eigenvalue weighted by atomic mass is 10.3. The molecule has 0 bridgehead atoms. The summed E-state index contributed by atoms with van der Waals surface area (Å²) in [5.74, 6) is 1.15. The number of hydrogen-bond donors (Lipinski definition) is 0. The molecule has 2 aromatic carbocycles. The van der Waals surface area contributed by atoms with Gasteiger partial charge in [-0.3, -0.25) is 0 Å². The molecule has 0 fully saturated rings. The van der Waals surface area contributed by atoms with E-state index in [1.54, 1.807) is 24.3 Å². The highest BCUT2D eigenvalue weighted by Crippen LogP contribution is 2.22. The quantitative estimate of drug-likeness (QED) is 0.547. The van der Waals surface area contributed by atoms with Crippen LogP contribution in [-0.2, 0) is 8.85 Å². The van der Waals surface area contributed by atoms with Crippen molar-refractivity contribution in [3.63, 3.8) is 0 Å². The summed E-state index contributed by atoms with van der Waals surface area (Å²) >= 11 is 0. The molecule has 0 unspecified atom stereocenters. The summed E-state index contributed by atoms with van der Waals surface area (Å²) in [6.45, 7) is 7.10. The van der Waals surface area contributed by atoms with E-state index in [0.29, 0.717) is 11.5 Å². The van der Waals surface area contributed by atoms with Gasteiger partial charge in [-0.2, -0.15) is 0 Å². The van der Waals surface area contributed by atoms with Crippen LogP contribution in [0.4, 0.5) is 0 Å². The Balaban J connectivity index is 2.27. The van der Waals surface area contributed by atoms with Crippen molar-refractivity contribution in [2.75, 3.05) is 0 Å². The molecule has 0 aromatic heterocycles. The van der Waals surface area contributed by atoms with Gasteiger partial charge in [0.05, 0.1) is 12.5 Å². The lowest BCUT2D eigenvalue weighted by Gasteiger charge is -2.25. The van der Waals surface area contributed by atoms with Gasteiger partial charge in [0.15, 0.2) is 0 Å². The zero-order valence-corrected chi connectivity index (χ0v) is 12.5. The first-order valence-electron chi connectivity index (χ1n) is 6.33. The summed E-state index contributed by atoms with van der Waals surface area (Å²) in [5, 5.41) is 0.